The van der Waals surface area contributed by atoms with E-state index in [1.54, 1.807) is 0 Å². The quantitative estimate of drug-likeness (QED) is 0.396. The van der Waals surface area contributed by atoms with E-state index in [-0.39, 0.29) is 29.6 Å². The fraction of sp³-hybridized carbons (Fsp3) is 0.889. The molecular weight excluding hydrogens is 193 g/mol. The van der Waals surface area contributed by atoms with Crippen LogP contribution >= 0.6 is 0 Å². The normalized spacial score (nSPS) is 12.9. The molecule has 0 aromatic heterocycles. The summed E-state index contributed by atoms with van der Waals surface area (Å²) >= 11 is 0. The molecule has 5 heteroatoms. The molecule has 0 aliphatic carbocycles. The van der Waals surface area contributed by atoms with E-state index >= 15 is 0 Å². The molecule has 0 radical (unpaired) electrons. The maximum atomic E-state index is 8.89. The predicted octanol–water partition coefficient (Wildman–Crippen LogP) is -3.27. The largest absolute Gasteiger partial charge is 1.00 e. The molecule has 80 valence electrons. The summed E-state index contributed by atoms with van der Waals surface area (Å²) in [5.41, 5.74) is 0. The zero-order valence-corrected chi connectivity index (χ0v) is 12.0. The maximum absolute atomic E-state index is 8.89. The zero-order valence-electron chi connectivity index (χ0n) is 10.0. The molecule has 0 bridgehead atoms. The third kappa shape index (κ3) is 55.3. The Labute approximate surface area is 109 Å². The van der Waals surface area contributed by atoms with Gasteiger partial charge in [0.15, 0.2) is 0 Å². The number of ether oxygens (including phenoxy) is 1. The monoisotopic (exact) mass is 213 g/mol. The molecular formula is C9H20NNaO3. The van der Waals surface area contributed by atoms with E-state index < -0.39 is 5.97 Å². The van der Waals surface area contributed by atoms with E-state index in [9.17, 15) is 0 Å². The first-order valence-corrected chi connectivity index (χ1v) is 4.33. The Kier molecular flexibility index (Phi) is 22.5. The van der Waals surface area contributed by atoms with E-state index in [2.05, 4.69) is 0 Å². The number of aliphatic carboxylic acids is 1. The van der Waals surface area contributed by atoms with Gasteiger partial charge in [0.05, 0.1) is 0 Å². The molecule has 4 nitrogen and oxygen atoms in total. The molecule has 0 N–H and O–H groups in total. The van der Waals surface area contributed by atoms with Crippen LogP contribution in [-0.4, -0.2) is 45.2 Å². The van der Waals surface area contributed by atoms with E-state index in [1.165, 1.54) is 12.8 Å². The third-order valence-corrected chi connectivity index (χ3v) is 0.827. The summed E-state index contributed by atoms with van der Waals surface area (Å²) in [6.07, 6.45) is 2.56. The Morgan fingerprint density at radius 2 is 1.43 bits per heavy atom. The second-order valence-electron chi connectivity index (χ2n) is 3.15. The minimum Gasteiger partial charge on any atom is -0.550 e. The summed E-state index contributed by atoms with van der Waals surface area (Å²) in [6, 6.07) is 0. The van der Waals surface area contributed by atoms with Crippen LogP contribution in [0.3, 0.4) is 0 Å². The minimum atomic E-state index is -1.08. The van der Waals surface area contributed by atoms with Crippen molar-refractivity contribution in [3.8, 4) is 0 Å². The van der Waals surface area contributed by atoms with Gasteiger partial charge in [0.2, 0.25) is 0 Å². The van der Waals surface area contributed by atoms with Crippen LogP contribution in [0.15, 0.2) is 0 Å². The van der Waals surface area contributed by atoms with E-state index in [0.717, 1.165) is 20.1 Å². The van der Waals surface area contributed by atoms with Gasteiger partial charge in [0, 0.05) is 19.2 Å². The summed E-state index contributed by atoms with van der Waals surface area (Å²) in [5, 5.41) is 8.89. The van der Waals surface area contributed by atoms with Crippen LogP contribution in [0, 0.1) is 0 Å². The maximum Gasteiger partial charge on any atom is 1.00 e. The van der Waals surface area contributed by atoms with Gasteiger partial charge in [-0.15, -0.1) is 0 Å². The fourth-order valence-corrected chi connectivity index (χ4v) is 0.510. The Morgan fingerprint density at radius 3 is 1.50 bits per heavy atom. The Hall–Kier alpha value is 0.390. The molecule has 1 fully saturated rings. The average Bonchev–Trinajstić information content (AvgIpc) is 2.35. The van der Waals surface area contributed by atoms with E-state index in [1.807, 2.05) is 26.0 Å². The molecule has 0 atom stereocenters. The first-order chi connectivity index (χ1) is 5.96. The van der Waals surface area contributed by atoms with Gasteiger partial charge in [-0.3, -0.25) is 0 Å². The van der Waals surface area contributed by atoms with Crippen LogP contribution in [0.5, 0.6) is 0 Å². The van der Waals surface area contributed by atoms with Crippen LogP contribution in [0.4, 0.5) is 0 Å². The molecule has 1 aliphatic rings. The van der Waals surface area contributed by atoms with Gasteiger partial charge in [-0.05, 0) is 40.9 Å². The molecule has 0 saturated carbocycles. The Bertz CT molecular complexity index is 102. The average molecular weight is 213 g/mol. The predicted molar refractivity (Wildman–Crippen MR) is 50.3 cm³/mol. The van der Waals surface area contributed by atoms with Crippen molar-refractivity contribution >= 4 is 5.97 Å². The van der Waals surface area contributed by atoms with Crippen LogP contribution in [0.25, 0.3) is 0 Å². The number of hydrogen-bond donors (Lipinski definition) is 0. The van der Waals surface area contributed by atoms with Crippen LogP contribution in [0.2, 0.25) is 0 Å². The van der Waals surface area contributed by atoms with E-state index in [0.29, 0.717) is 0 Å². The SMILES string of the molecule is C1CCOC1.CC(=O)[O-].CN(C)C.[Na+]. The summed E-state index contributed by atoms with van der Waals surface area (Å²) < 4.78 is 4.94. The van der Waals surface area contributed by atoms with Gasteiger partial charge < -0.3 is 19.5 Å². The van der Waals surface area contributed by atoms with Crippen molar-refractivity contribution in [1.82, 2.24) is 4.90 Å². The zero-order chi connectivity index (χ0) is 10.7. The summed E-state index contributed by atoms with van der Waals surface area (Å²) in [5.74, 6) is -1.08. The second-order valence-corrected chi connectivity index (χ2v) is 3.15. The molecule has 0 unspecified atom stereocenters. The van der Waals surface area contributed by atoms with Crippen molar-refractivity contribution in [2.75, 3.05) is 34.4 Å². The number of hydrogen-bond acceptors (Lipinski definition) is 4. The Morgan fingerprint density at radius 1 is 1.21 bits per heavy atom. The molecule has 1 rings (SSSR count). The number of nitrogens with zero attached hydrogens (tertiary/aromatic N) is 1. The van der Waals surface area contributed by atoms with Gasteiger partial charge in [-0.25, -0.2) is 0 Å². The van der Waals surface area contributed by atoms with E-state index in [4.69, 9.17) is 14.6 Å². The number of carboxylic acid groups (broad SMARTS) is 1. The van der Waals surface area contributed by atoms with Crippen molar-refractivity contribution < 1.29 is 44.2 Å². The molecule has 1 saturated heterocycles. The van der Waals surface area contributed by atoms with Crippen molar-refractivity contribution in [3.63, 3.8) is 0 Å². The topological polar surface area (TPSA) is 52.6 Å². The third-order valence-electron chi connectivity index (χ3n) is 0.827. The van der Waals surface area contributed by atoms with Crippen LogP contribution in [0.1, 0.15) is 19.8 Å². The first kappa shape index (κ1) is 19.9. The molecule has 14 heavy (non-hydrogen) atoms. The van der Waals surface area contributed by atoms with Gasteiger partial charge in [0.1, 0.15) is 0 Å². The summed E-state index contributed by atoms with van der Waals surface area (Å²) in [7, 11) is 6.00. The van der Waals surface area contributed by atoms with Crippen molar-refractivity contribution in [2.45, 2.75) is 19.8 Å². The van der Waals surface area contributed by atoms with Crippen LogP contribution < -0.4 is 34.7 Å². The van der Waals surface area contributed by atoms with Crippen molar-refractivity contribution in [2.24, 2.45) is 0 Å². The molecule has 0 spiro atoms. The van der Waals surface area contributed by atoms with Crippen molar-refractivity contribution in [1.29, 1.82) is 0 Å². The number of rotatable bonds is 0. The van der Waals surface area contributed by atoms with Gasteiger partial charge >= 0.3 is 29.6 Å². The first-order valence-electron chi connectivity index (χ1n) is 4.33. The van der Waals surface area contributed by atoms with Crippen molar-refractivity contribution in [3.05, 3.63) is 0 Å². The number of carboxylic acids is 1. The summed E-state index contributed by atoms with van der Waals surface area (Å²) in [6.45, 7) is 2.97. The molecule has 1 heterocycles. The van der Waals surface area contributed by atoms with Gasteiger partial charge in [-0.1, -0.05) is 0 Å². The standard InChI is InChI=1S/C4H8O.C3H9N.C2H4O2.Na/c1-2-4-5-3-1;1-4(2)3;1-2(3)4;/h1-4H2;1-3H3;1H3,(H,3,4);/q;;;+1/p-1. The minimum absolute atomic E-state index is 0. The second kappa shape index (κ2) is 15.8. The van der Waals surface area contributed by atoms with Gasteiger partial charge in [-0.2, -0.15) is 0 Å². The van der Waals surface area contributed by atoms with Crippen LogP contribution in [-0.2, 0) is 9.53 Å². The Balaban J connectivity index is -0.000000127. The number of carbonyl (C=O) groups is 1. The summed E-state index contributed by atoms with van der Waals surface area (Å²) in [4.78, 5) is 10.9. The molecule has 0 amide bonds. The smallest absolute Gasteiger partial charge is 0.550 e. The van der Waals surface area contributed by atoms with Gasteiger partial charge in [0.25, 0.3) is 0 Å². The number of carbonyl (C=O) groups excluding carboxylic acids is 1. The molecule has 0 aromatic carbocycles. The molecule has 0 aromatic rings. The fourth-order valence-electron chi connectivity index (χ4n) is 0.510. The molecule has 1 aliphatic heterocycles.